The minimum absolute atomic E-state index is 0.455. The van der Waals surface area contributed by atoms with Gasteiger partial charge in [0, 0.05) is 23.8 Å². The monoisotopic (exact) mass is 347 g/mol. The fourth-order valence-electron chi connectivity index (χ4n) is 2.86. The maximum Gasteiger partial charge on any atom is 0.139 e. The number of pyridine rings is 1. The Balaban J connectivity index is 2.03. The summed E-state index contributed by atoms with van der Waals surface area (Å²) in [6, 6.07) is 10.0. The van der Waals surface area contributed by atoms with Gasteiger partial charge < -0.3 is 9.88 Å². The number of hydrogen-bond acceptors (Lipinski definition) is 2. The van der Waals surface area contributed by atoms with Crippen LogP contribution in [0.3, 0.4) is 0 Å². The molecule has 2 heterocycles. The molecule has 3 aromatic rings. The molecule has 0 radical (unpaired) electrons. The molecule has 3 nitrogen and oxygen atoms in total. The Hall–Kier alpha value is -1.71. The van der Waals surface area contributed by atoms with Gasteiger partial charge in [-0.25, -0.2) is 4.98 Å². The summed E-state index contributed by atoms with van der Waals surface area (Å²) in [5.41, 5.74) is 1.84. The van der Waals surface area contributed by atoms with Crippen LogP contribution in [0.4, 0.5) is 11.5 Å². The van der Waals surface area contributed by atoms with Gasteiger partial charge in [0.2, 0.25) is 0 Å². The number of para-hydroxylation sites is 1. The van der Waals surface area contributed by atoms with E-state index >= 15 is 0 Å². The number of halogens is 2. The van der Waals surface area contributed by atoms with Crippen molar-refractivity contribution in [1.29, 1.82) is 0 Å². The first-order valence-electron chi connectivity index (χ1n) is 7.78. The molecule has 0 aliphatic heterocycles. The molecule has 0 spiro atoms. The summed E-state index contributed by atoms with van der Waals surface area (Å²) in [6.07, 6.45) is 6.23. The molecule has 1 unspecified atom stereocenters. The first kappa shape index (κ1) is 16.2. The fraction of sp³-hybridized carbons (Fsp3) is 0.278. The van der Waals surface area contributed by atoms with Crippen LogP contribution in [0.15, 0.2) is 42.7 Å². The number of nitrogens with one attached hydrogen (secondary N) is 1. The highest BCUT2D eigenvalue weighted by molar-refractivity contribution is 6.39. The van der Waals surface area contributed by atoms with Crippen LogP contribution in [-0.2, 0) is 0 Å². The highest BCUT2D eigenvalue weighted by atomic mass is 35.5. The molecular weight excluding hydrogens is 329 g/mol. The average molecular weight is 348 g/mol. The van der Waals surface area contributed by atoms with E-state index in [0.717, 1.165) is 29.6 Å². The number of anilines is 2. The van der Waals surface area contributed by atoms with Crippen LogP contribution in [-0.4, -0.2) is 9.55 Å². The van der Waals surface area contributed by atoms with E-state index in [0.29, 0.717) is 21.8 Å². The van der Waals surface area contributed by atoms with Crippen LogP contribution in [0, 0.1) is 0 Å². The van der Waals surface area contributed by atoms with E-state index < -0.39 is 0 Å². The van der Waals surface area contributed by atoms with E-state index in [4.69, 9.17) is 23.2 Å². The van der Waals surface area contributed by atoms with Gasteiger partial charge in [-0.3, -0.25) is 0 Å². The van der Waals surface area contributed by atoms with Crippen LogP contribution in [0.25, 0.3) is 10.9 Å². The molecule has 0 bridgehead atoms. The molecule has 5 heteroatoms. The van der Waals surface area contributed by atoms with Gasteiger partial charge in [-0.1, -0.05) is 42.6 Å². The Labute approximate surface area is 146 Å². The normalized spacial score (nSPS) is 12.5. The van der Waals surface area contributed by atoms with Crippen molar-refractivity contribution in [3.63, 3.8) is 0 Å². The third-order valence-corrected chi connectivity index (χ3v) is 4.66. The molecule has 2 aromatic heterocycles. The topological polar surface area (TPSA) is 29.9 Å². The smallest absolute Gasteiger partial charge is 0.139 e. The summed E-state index contributed by atoms with van der Waals surface area (Å²) >= 11 is 12.5. The van der Waals surface area contributed by atoms with Gasteiger partial charge in [0.05, 0.1) is 21.2 Å². The number of aromatic nitrogens is 2. The molecule has 1 N–H and O–H groups in total. The molecule has 1 atom stereocenters. The highest BCUT2D eigenvalue weighted by Crippen LogP contribution is 2.34. The summed E-state index contributed by atoms with van der Waals surface area (Å²) in [5.74, 6) is 0.764. The van der Waals surface area contributed by atoms with E-state index in [1.54, 1.807) is 0 Å². The van der Waals surface area contributed by atoms with E-state index in [-0.39, 0.29) is 0 Å². The Kier molecular flexibility index (Phi) is 4.79. The predicted molar refractivity (Wildman–Crippen MR) is 99.1 cm³/mol. The van der Waals surface area contributed by atoms with E-state index in [1.165, 1.54) is 0 Å². The summed E-state index contributed by atoms with van der Waals surface area (Å²) < 4.78 is 2.29. The summed E-state index contributed by atoms with van der Waals surface area (Å²) in [4.78, 5) is 4.46. The molecule has 0 aliphatic rings. The summed E-state index contributed by atoms with van der Waals surface area (Å²) in [7, 11) is 0. The zero-order valence-corrected chi connectivity index (χ0v) is 14.7. The molecule has 0 saturated heterocycles. The zero-order valence-electron chi connectivity index (χ0n) is 13.2. The third-order valence-electron chi connectivity index (χ3n) is 4.03. The van der Waals surface area contributed by atoms with Crippen molar-refractivity contribution >= 4 is 45.6 Å². The molecule has 0 amide bonds. The van der Waals surface area contributed by atoms with Gasteiger partial charge in [-0.15, -0.1) is 0 Å². The second kappa shape index (κ2) is 6.81. The van der Waals surface area contributed by atoms with Crippen LogP contribution in [0.1, 0.15) is 32.7 Å². The van der Waals surface area contributed by atoms with Crippen molar-refractivity contribution in [2.24, 2.45) is 0 Å². The van der Waals surface area contributed by atoms with Crippen molar-refractivity contribution in [3.8, 4) is 0 Å². The fourth-order valence-corrected chi connectivity index (χ4v) is 3.36. The van der Waals surface area contributed by atoms with Crippen LogP contribution < -0.4 is 5.32 Å². The van der Waals surface area contributed by atoms with Crippen LogP contribution in [0.5, 0.6) is 0 Å². The highest BCUT2D eigenvalue weighted by Gasteiger charge is 2.13. The lowest BCUT2D eigenvalue weighted by atomic mass is 10.2. The Morgan fingerprint density at radius 1 is 1.17 bits per heavy atom. The molecule has 0 fully saturated rings. The molecule has 1 aromatic carbocycles. The summed E-state index contributed by atoms with van der Waals surface area (Å²) in [5, 5.41) is 5.50. The van der Waals surface area contributed by atoms with Gasteiger partial charge in [0.25, 0.3) is 0 Å². The first-order chi connectivity index (χ1) is 11.1. The zero-order chi connectivity index (χ0) is 16.4. The molecule has 120 valence electrons. The minimum Gasteiger partial charge on any atom is -0.345 e. The van der Waals surface area contributed by atoms with Crippen molar-refractivity contribution in [2.75, 3.05) is 5.32 Å². The predicted octanol–water partition coefficient (Wildman–Crippen LogP) is 6.45. The quantitative estimate of drug-likeness (QED) is 0.574. The van der Waals surface area contributed by atoms with Crippen molar-refractivity contribution in [2.45, 2.75) is 32.7 Å². The first-order valence-corrected chi connectivity index (χ1v) is 8.54. The summed E-state index contributed by atoms with van der Waals surface area (Å²) in [6.45, 7) is 4.44. The van der Waals surface area contributed by atoms with Gasteiger partial charge in [0.15, 0.2) is 0 Å². The van der Waals surface area contributed by atoms with Crippen molar-refractivity contribution in [3.05, 3.63) is 52.8 Å². The lowest BCUT2D eigenvalue weighted by Crippen LogP contribution is -2.03. The second-order valence-electron chi connectivity index (χ2n) is 5.67. The minimum atomic E-state index is 0.455. The molecule has 0 saturated carbocycles. The molecule has 23 heavy (non-hydrogen) atoms. The number of hydrogen-bond donors (Lipinski definition) is 1. The Morgan fingerprint density at radius 2 is 1.91 bits per heavy atom. The van der Waals surface area contributed by atoms with Gasteiger partial charge >= 0.3 is 0 Å². The lowest BCUT2D eigenvalue weighted by Gasteiger charge is -2.15. The largest absolute Gasteiger partial charge is 0.345 e. The van der Waals surface area contributed by atoms with Gasteiger partial charge in [0.1, 0.15) is 5.82 Å². The van der Waals surface area contributed by atoms with Crippen LogP contribution in [0.2, 0.25) is 10.0 Å². The maximum atomic E-state index is 6.25. The SMILES string of the molecule is CCCC(C)n1ccc2c(Nc3c(Cl)cccc3Cl)nccc21. The van der Waals surface area contributed by atoms with Gasteiger partial charge in [-0.2, -0.15) is 0 Å². The third kappa shape index (κ3) is 3.17. The van der Waals surface area contributed by atoms with Crippen molar-refractivity contribution in [1.82, 2.24) is 9.55 Å². The maximum absolute atomic E-state index is 6.25. The van der Waals surface area contributed by atoms with E-state index in [1.807, 2.05) is 30.5 Å². The molecular formula is C18H19Cl2N3. The lowest BCUT2D eigenvalue weighted by molar-refractivity contribution is 0.515. The number of fused-ring (bicyclic) bond motifs is 1. The number of benzene rings is 1. The Morgan fingerprint density at radius 3 is 2.61 bits per heavy atom. The van der Waals surface area contributed by atoms with Crippen LogP contribution >= 0.6 is 23.2 Å². The van der Waals surface area contributed by atoms with E-state index in [9.17, 15) is 0 Å². The molecule has 3 rings (SSSR count). The van der Waals surface area contributed by atoms with Crippen molar-refractivity contribution < 1.29 is 0 Å². The second-order valence-corrected chi connectivity index (χ2v) is 6.49. The average Bonchev–Trinajstić information content (AvgIpc) is 2.96. The Bertz CT molecular complexity index is 806. The number of nitrogens with zero attached hydrogens (tertiary/aromatic N) is 2. The van der Waals surface area contributed by atoms with Gasteiger partial charge in [-0.05, 0) is 37.6 Å². The standard InChI is InChI=1S/C18H19Cl2N3/c1-3-5-12(2)23-11-9-13-16(23)8-10-21-18(13)22-17-14(19)6-4-7-15(17)20/h4,6-12H,3,5H2,1-2H3,(H,21,22). The van der Waals surface area contributed by atoms with E-state index in [2.05, 4.69) is 41.0 Å². The number of rotatable bonds is 5. The molecule has 0 aliphatic carbocycles.